The third-order valence-corrected chi connectivity index (χ3v) is 0.561. The number of hydrogen-bond donors (Lipinski definition) is 4. The minimum Gasteiger partial charge on any atom is -0.359 e. The SMILES string of the molecule is COP(N)O.CP(N)O. The first-order valence-electron chi connectivity index (χ1n) is 1.95. The molecule has 2 unspecified atom stereocenters. The first kappa shape index (κ1) is 12.3. The molecule has 0 spiro atoms. The lowest BCUT2D eigenvalue weighted by atomic mass is 11.8. The van der Waals surface area contributed by atoms with Crippen LogP contribution in [0.5, 0.6) is 0 Å². The Balaban J connectivity index is 0. The van der Waals surface area contributed by atoms with Crippen LogP contribution < -0.4 is 11.0 Å². The summed E-state index contributed by atoms with van der Waals surface area (Å²) in [5.74, 6) is 0. The van der Waals surface area contributed by atoms with Gasteiger partial charge in [0.2, 0.25) is 8.53 Å². The molecule has 9 heavy (non-hydrogen) atoms. The Morgan fingerprint density at radius 2 is 1.44 bits per heavy atom. The van der Waals surface area contributed by atoms with E-state index in [1.807, 2.05) is 0 Å². The topological polar surface area (TPSA) is 102 Å². The maximum absolute atomic E-state index is 7.98. The van der Waals surface area contributed by atoms with E-state index in [1.165, 1.54) is 7.11 Å². The zero-order valence-electron chi connectivity index (χ0n) is 5.35. The van der Waals surface area contributed by atoms with Gasteiger partial charge >= 0.3 is 0 Å². The highest BCUT2D eigenvalue weighted by Crippen LogP contribution is 2.15. The molecule has 0 aliphatic heterocycles. The van der Waals surface area contributed by atoms with E-state index >= 15 is 0 Å². The molecule has 6 N–H and O–H groups in total. The molecule has 0 aromatic carbocycles. The van der Waals surface area contributed by atoms with Crippen LogP contribution in [0.1, 0.15) is 0 Å². The fourth-order valence-electron chi connectivity index (χ4n) is 0. The maximum atomic E-state index is 7.98. The van der Waals surface area contributed by atoms with E-state index in [0.717, 1.165) is 0 Å². The van der Waals surface area contributed by atoms with Crippen LogP contribution in [0.4, 0.5) is 0 Å². The third-order valence-electron chi connectivity index (χ3n) is 0.187. The molecule has 0 rings (SSSR count). The van der Waals surface area contributed by atoms with Crippen molar-refractivity contribution in [2.45, 2.75) is 0 Å². The van der Waals surface area contributed by atoms with Gasteiger partial charge in [0.25, 0.3) is 0 Å². The molecule has 0 fully saturated rings. The zero-order chi connectivity index (χ0) is 7.86. The molecule has 0 aliphatic rings. The van der Waals surface area contributed by atoms with E-state index in [4.69, 9.17) is 15.3 Å². The second kappa shape index (κ2) is 8.66. The van der Waals surface area contributed by atoms with Crippen molar-refractivity contribution in [3.05, 3.63) is 0 Å². The largest absolute Gasteiger partial charge is 0.359 e. The Morgan fingerprint density at radius 1 is 1.33 bits per heavy atom. The lowest BCUT2D eigenvalue weighted by Gasteiger charge is -1.91. The van der Waals surface area contributed by atoms with Crippen LogP contribution in [0, 0.1) is 0 Å². The molecule has 2 atom stereocenters. The number of nitrogens with two attached hydrogens (primary N) is 2. The van der Waals surface area contributed by atoms with Gasteiger partial charge in [0.15, 0.2) is 0 Å². The van der Waals surface area contributed by atoms with Crippen molar-refractivity contribution >= 4 is 16.8 Å². The van der Waals surface area contributed by atoms with Crippen LogP contribution >= 0.6 is 16.8 Å². The zero-order valence-corrected chi connectivity index (χ0v) is 7.14. The molecular weight excluding hydrogens is 162 g/mol. The van der Waals surface area contributed by atoms with Gasteiger partial charge in [0.1, 0.15) is 0 Å². The molecule has 58 valence electrons. The van der Waals surface area contributed by atoms with E-state index < -0.39 is 16.8 Å². The van der Waals surface area contributed by atoms with Crippen LogP contribution in [-0.2, 0) is 4.52 Å². The summed E-state index contributed by atoms with van der Waals surface area (Å²) in [6, 6.07) is 0. The fourth-order valence-corrected chi connectivity index (χ4v) is 0. The van der Waals surface area contributed by atoms with Crippen LogP contribution in [0.3, 0.4) is 0 Å². The summed E-state index contributed by atoms with van der Waals surface area (Å²) < 4.78 is 4.15. The van der Waals surface area contributed by atoms with Crippen molar-refractivity contribution in [2.75, 3.05) is 13.8 Å². The van der Waals surface area contributed by atoms with Gasteiger partial charge in [-0.3, -0.25) is 11.0 Å². The van der Waals surface area contributed by atoms with Crippen molar-refractivity contribution < 1.29 is 14.3 Å². The normalized spacial score (nSPS) is 15.3. The predicted octanol–water partition coefficient (Wildman–Crippen LogP) is -0.310. The molecule has 7 heteroatoms. The molecule has 0 amide bonds. The highest BCUT2D eigenvalue weighted by molar-refractivity contribution is 7.47. The first-order valence-corrected chi connectivity index (χ1v) is 5.05. The molecule has 0 aromatic heterocycles. The Labute approximate surface area is 56.9 Å². The molecule has 0 bridgehead atoms. The molecule has 0 aliphatic carbocycles. The van der Waals surface area contributed by atoms with Crippen molar-refractivity contribution in [3.63, 3.8) is 0 Å². The monoisotopic (exact) mass is 174 g/mol. The summed E-state index contributed by atoms with van der Waals surface area (Å²) in [5.41, 5.74) is 9.42. The molecule has 0 saturated heterocycles. The van der Waals surface area contributed by atoms with E-state index in [9.17, 15) is 0 Å². The Hall–Kier alpha value is 0.660. The summed E-state index contributed by atoms with van der Waals surface area (Å²) >= 11 is 0. The predicted molar refractivity (Wildman–Crippen MR) is 39.6 cm³/mol. The van der Waals surface area contributed by atoms with Crippen LogP contribution in [0.2, 0.25) is 0 Å². The second-order valence-corrected chi connectivity index (χ2v) is 3.18. The summed E-state index contributed by atoms with van der Waals surface area (Å²) in [6.07, 6.45) is 0. The summed E-state index contributed by atoms with van der Waals surface area (Å²) in [4.78, 5) is 15.9. The molecule has 5 nitrogen and oxygen atoms in total. The van der Waals surface area contributed by atoms with Crippen molar-refractivity contribution in [1.82, 2.24) is 0 Å². The summed E-state index contributed by atoms with van der Waals surface area (Å²) in [7, 11) is -1.37. The highest BCUT2D eigenvalue weighted by atomic mass is 31.2. The summed E-state index contributed by atoms with van der Waals surface area (Å²) in [6.45, 7) is 1.56. The fraction of sp³-hybridized carbons (Fsp3) is 1.00. The average molecular weight is 174 g/mol. The Kier molecular flexibility index (Phi) is 11.9. The van der Waals surface area contributed by atoms with E-state index in [2.05, 4.69) is 10.0 Å². The summed E-state index contributed by atoms with van der Waals surface area (Å²) in [5, 5.41) is 0. The van der Waals surface area contributed by atoms with Crippen LogP contribution in [-0.4, -0.2) is 23.6 Å². The highest BCUT2D eigenvalue weighted by Gasteiger charge is 1.82. The minimum absolute atomic E-state index is 1.12. The number of rotatable bonds is 1. The maximum Gasteiger partial charge on any atom is 0.249 e. The number of hydrogen-bond acceptors (Lipinski definition) is 5. The molecule has 0 radical (unpaired) electrons. The minimum atomic E-state index is -1.60. The third kappa shape index (κ3) is 54.3. The first-order chi connectivity index (χ1) is 4.00. The van der Waals surface area contributed by atoms with Gasteiger partial charge < -0.3 is 14.3 Å². The van der Waals surface area contributed by atoms with Gasteiger partial charge in [-0.25, -0.2) is 0 Å². The van der Waals surface area contributed by atoms with Gasteiger partial charge in [-0.15, -0.1) is 0 Å². The molecule has 0 heterocycles. The quantitative estimate of drug-likeness (QED) is 0.408. The Bertz CT molecular complexity index is 50.3. The second-order valence-electron chi connectivity index (χ2n) is 1.06. The lowest BCUT2D eigenvalue weighted by Crippen LogP contribution is -1.85. The average Bonchev–Trinajstić information content (AvgIpc) is 1.65. The van der Waals surface area contributed by atoms with Crippen LogP contribution in [0.15, 0.2) is 0 Å². The van der Waals surface area contributed by atoms with Crippen molar-refractivity contribution in [3.8, 4) is 0 Å². The van der Waals surface area contributed by atoms with Gasteiger partial charge in [0.05, 0.1) is 8.30 Å². The van der Waals surface area contributed by atoms with Crippen molar-refractivity contribution in [1.29, 1.82) is 0 Å². The standard InChI is InChI=1S/CH6NO2P.CH6NOP/c1-4-5(2)3;1-4(2)3/h3H,2H2,1H3;3H,2H2,1H3. The van der Waals surface area contributed by atoms with E-state index in [1.54, 1.807) is 6.66 Å². The van der Waals surface area contributed by atoms with Gasteiger partial charge in [-0.1, -0.05) is 0 Å². The molecule has 0 saturated carbocycles. The molecule has 0 aromatic rings. The van der Waals surface area contributed by atoms with Gasteiger partial charge in [-0.2, -0.15) is 0 Å². The Morgan fingerprint density at radius 3 is 1.44 bits per heavy atom. The smallest absolute Gasteiger partial charge is 0.249 e. The lowest BCUT2D eigenvalue weighted by molar-refractivity contribution is 0.391. The van der Waals surface area contributed by atoms with E-state index in [0.29, 0.717) is 0 Å². The van der Waals surface area contributed by atoms with Gasteiger partial charge in [0, 0.05) is 7.11 Å². The van der Waals surface area contributed by atoms with Crippen LogP contribution in [0.25, 0.3) is 0 Å². The van der Waals surface area contributed by atoms with Gasteiger partial charge in [-0.05, 0) is 6.66 Å². The van der Waals surface area contributed by atoms with Crippen molar-refractivity contribution in [2.24, 2.45) is 11.0 Å². The molecular formula is C2H12N2O3P2. The van der Waals surface area contributed by atoms with E-state index in [-0.39, 0.29) is 0 Å².